The van der Waals surface area contributed by atoms with Gasteiger partial charge in [0.1, 0.15) is 0 Å². The summed E-state index contributed by atoms with van der Waals surface area (Å²) in [6, 6.07) is 7.83. The molecular weight excluding hydrogens is 408 g/mol. The molecular formula is C20H27BrN4O2. The van der Waals surface area contributed by atoms with Crippen molar-refractivity contribution in [3.05, 3.63) is 34.6 Å². The molecule has 0 spiro atoms. The quantitative estimate of drug-likeness (QED) is 0.742. The lowest BCUT2D eigenvalue weighted by Gasteiger charge is -2.33. The number of halogens is 1. The number of nitrogens with one attached hydrogen (secondary N) is 1. The fourth-order valence-electron chi connectivity index (χ4n) is 3.19. The lowest BCUT2D eigenvalue weighted by molar-refractivity contribution is -0.128. The first kappa shape index (κ1) is 20.0. The second-order valence-corrected chi connectivity index (χ2v) is 8.74. The summed E-state index contributed by atoms with van der Waals surface area (Å²) in [4.78, 5) is 19.3. The van der Waals surface area contributed by atoms with E-state index in [0.29, 0.717) is 18.3 Å². The zero-order valence-electron chi connectivity index (χ0n) is 16.2. The highest BCUT2D eigenvalue weighted by atomic mass is 79.9. The lowest BCUT2D eigenvalue weighted by Crippen LogP contribution is -2.49. The molecule has 2 aromatic rings. The molecule has 6 nitrogen and oxygen atoms in total. The van der Waals surface area contributed by atoms with E-state index in [1.165, 1.54) is 0 Å². The Balaban J connectivity index is 1.60. The van der Waals surface area contributed by atoms with Crippen molar-refractivity contribution in [1.29, 1.82) is 0 Å². The Bertz CT molecular complexity index is 790. The number of carbonyl (C=O) groups is 1. The van der Waals surface area contributed by atoms with Gasteiger partial charge in [0.15, 0.2) is 0 Å². The number of carbonyl (C=O) groups excluding carboxylic acids is 1. The van der Waals surface area contributed by atoms with Crippen molar-refractivity contribution in [2.45, 2.75) is 52.1 Å². The molecule has 1 aromatic heterocycles. The van der Waals surface area contributed by atoms with Gasteiger partial charge in [-0.2, -0.15) is 4.98 Å². The molecule has 1 amide bonds. The van der Waals surface area contributed by atoms with Crippen LogP contribution in [0.15, 0.2) is 33.3 Å². The van der Waals surface area contributed by atoms with E-state index < -0.39 is 0 Å². The van der Waals surface area contributed by atoms with Crippen LogP contribution in [0.3, 0.4) is 0 Å². The van der Waals surface area contributed by atoms with E-state index in [1.807, 2.05) is 24.3 Å². The van der Waals surface area contributed by atoms with Crippen molar-refractivity contribution < 1.29 is 9.32 Å². The van der Waals surface area contributed by atoms with Crippen LogP contribution in [0.5, 0.6) is 0 Å². The summed E-state index contributed by atoms with van der Waals surface area (Å²) in [7, 11) is 0. The fraction of sp³-hybridized carbons (Fsp3) is 0.550. The standard InChI is InChI=1S/C20H27BrN4O2/c1-4-20(2,3)23-19(26)15-8-6-10-25(12-15)13-17-22-18(24-27-17)14-7-5-9-16(21)11-14/h5,7,9,11,15H,4,6,8,10,12-13H2,1-3H3,(H,23,26). The van der Waals surface area contributed by atoms with Crippen LogP contribution < -0.4 is 5.32 Å². The number of hydrogen-bond donors (Lipinski definition) is 1. The summed E-state index contributed by atoms with van der Waals surface area (Å²) in [6.45, 7) is 8.45. The van der Waals surface area contributed by atoms with Crippen molar-refractivity contribution in [1.82, 2.24) is 20.4 Å². The van der Waals surface area contributed by atoms with Crippen LogP contribution >= 0.6 is 15.9 Å². The van der Waals surface area contributed by atoms with Gasteiger partial charge in [0, 0.05) is 22.1 Å². The van der Waals surface area contributed by atoms with Gasteiger partial charge in [-0.25, -0.2) is 0 Å². The molecule has 27 heavy (non-hydrogen) atoms. The van der Waals surface area contributed by atoms with Gasteiger partial charge in [0.2, 0.25) is 17.6 Å². The molecule has 2 heterocycles. The highest BCUT2D eigenvalue weighted by molar-refractivity contribution is 9.10. The molecule has 0 saturated carbocycles. The highest BCUT2D eigenvalue weighted by Gasteiger charge is 2.29. The second-order valence-electron chi connectivity index (χ2n) is 7.82. The summed E-state index contributed by atoms with van der Waals surface area (Å²) < 4.78 is 6.41. The van der Waals surface area contributed by atoms with E-state index in [0.717, 1.165) is 42.4 Å². The second kappa shape index (κ2) is 8.52. The van der Waals surface area contributed by atoms with Crippen LogP contribution in [0.25, 0.3) is 11.4 Å². The SMILES string of the molecule is CCC(C)(C)NC(=O)C1CCCN(Cc2nc(-c3cccc(Br)c3)no2)C1. The summed E-state index contributed by atoms with van der Waals surface area (Å²) in [5.74, 6) is 1.33. The molecule has 0 aliphatic carbocycles. The molecule has 1 aromatic carbocycles. The number of rotatable bonds is 6. The Morgan fingerprint density at radius 2 is 2.26 bits per heavy atom. The van der Waals surface area contributed by atoms with Crippen molar-refractivity contribution in [3.63, 3.8) is 0 Å². The maximum Gasteiger partial charge on any atom is 0.241 e. The van der Waals surface area contributed by atoms with Crippen LogP contribution in [0.2, 0.25) is 0 Å². The van der Waals surface area contributed by atoms with Crippen molar-refractivity contribution in [3.8, 4) is 11.4 Å². The van der Waals surface area contributed by atoms with Crippen LogP contribution in [0.1, 0.15) is 45.9 Å². The van der Waals surface area contributed by atoms with E-state index >= 15 is 0 Å². The third-order valence-corrected chi connectivity index (χ3v) is 5.62. The maximum atomic E-state index is 12.6. The number of likely N-dealkylation sites (tertiary alicyclic amines) is 1. The molecule has 1 fully saturated rings. The molecule has 1 aliphatic heterocycles. The zero-order valence-corrected chi connectivity index (χ0v) is 17.8. The fourth-order valence-corrected chi connectivity index (χ4v) is 3.59. The molecule has 7 heteroatoms. The number of nitrogens with zero attached hydrogens (tertiary/aromatic N) is 3. The zero-order chi connectivity index (χ0) is 19.4. The normalized spacial score (nSPS) is 18.4. The first-order valence-electron chi connectivity index (χ1n) is 9.49. The number of benzene rings is 1. The minimum Gasteiger partial charge on any atom is -0.351 e. The third-order valence-electron chi connectivity index (χ3n) is 5.13. The van der Waals surface area contributed by atoms with Gasteiger partial charge in [0.05, 0.1) is 12.5 Å². The molecule has 1 N–H and O–H groups in total. The van der Waals surface area contributed by atoms with E-state index in [1.54, 1.807) is 0 Å². The predicted molar refractivity (Wildman–Crippen MR) is 108 cm³/mol. The van der Waals surface area contributed by atoms with E-state index in [2.05, 4.69) is 57.1 Å². The Morgan fingerprint density at radius 1 is 1.44 bits per heavy atom. The number of piperidine rings is 1. The van der Waals surface area contributed by atoms with Gasteiger partial charge in [-0.05, 0) is 51.8 Å². The molecule has 0 radical (unpaired) electrons. The first-order chi connectivity index (χ1) is 12.9. The van der Waals surface area contributed by atoms with Crippen molar-refractivity contribution in [2.24, 2.45) is 5.92 Å². The third kappa shape index (κ3) is 5.39. The molecule has 0 bridgehead atoms. The van der Waals surface area contributed by atoms with Crippen LogP contribution in [0, 0.1) is 5.92 Å². The Kier molecular flexibility index (Phi) is 6.32. The molecule has 1 saturated heterocycles. The van der Waals surface area contributed by atoms with Gasteiger partial charge < -0.3 is 9.84 Å². The maximum absolute atomic E-state index is 12.6. The number of aromatic nitrogens is 2. The summed E-state index contributed by atoms with van der Waals surface area (Å²) in [5.41, 5.74) is 0.752. The van der Waals surface area contributed by atoms with Gasteiger partial charge in [-0.3, -0.25) is 9.69 Å². The lowest BCUT2D eigenvalue weighted by atomic mass is 9.94. The number of amides is 1. The van der Waals surface area contributed by atoms with Crippen LogP contribution in [0.4, 0.5) is 0 Å². The van der Waals surface area contributed by atoms with E-state index in [-0.39, 0.29) is 17.4 Å². The summed E-state index contributed by atoms with van der Waals surface area (Å²) in [5, 5.41) is 7.26. The van der Waals surface area contributed by atoms with Gasteiger partial charge in [-0.15, -0.1) is 0 Å². The summed E-state index contributed by atoms with van der Waals surface area (Å²) in [6.07, 6.45) is 2.84. The average molecular weight is 435 g/mol. The molecule has 1 atom stereocenters. The average Bonchev–Trinajstić information content (AvgIpc) is 3.10. The molecule has 1 aliphatic rings. The van der Waals surface area contributed by atoms with Gasteiger partial charge >= 0.3 is 0 Å². The van der Waals surface area contributed by atoms with Gasteiger partial charge in [-0.1, -0.05) is 40.1 Å². The van der Waals surface area contributed by atoms with Crippen molar-refractivity contribution >= 4 is 21.8 Å². The largest absolute Gasteiger partial charge is 0.351 e. The molecule has 146 valence electrons. The van der Waals surface area contributed by atoms with Crippen LogP contribution in [-0.4, -0.2) is 39.6 Å². The molecule has 1 unspecified atom stereocenters. The topological polar surface area (TPSA) is 71.3 Å². The minimum absolute atomic E-state index is 0.0112. The van der Waals surface area contributed by atoms with Gasteiger partial charge in [0.25, 0.3) is 0 Å². The van der Waals surface area contributed by atoms with E-state index in [9.17, 15) is 4.79 Å². The van der Waals surface area contributed by atoms with E-state index in [4.69, 9.17) is 4.52 Å². The monoisotopic (exact) mass is 434 g/mol. The Hall–Kier alpha value is -1.73. The highest BCUT2D eigenvalue weighted by Crippen LogP contribution is 2.23. The molecule has 3 rings (SSSR count). The minimum atomic E-state index is -0.162. The number of hydrogen-bond acceptors (Lipinski definition) is 5. The smallest absolute Gasteiger partial charge is 0.241 e. The predicted octanol–water partition coefficient (Wildman–Crippen LogP) is 4.02. The Labute approximate surface area is 168 Å². The Morgan fingerprint density at radius 3 is 3.00 bits per heavy atom. The first-order valence-corrected chi connectivity index (χ1v) is 10.3. The summed E-state index contributed by atoms with van der Waals surface area (Å²) >= 11 is 3.46. The van der Waals surface area contributed by atoms with Crippen molar-refractivity contribution in [2.75, 3.05) is 13.1 Å². The van der Waals surface area contributed by atoms with Crippen LogP contribution in [-0.2, 0) is 11.3 Å².